The number of pyridine rings is 2. The van der Waals surface area contributed by atoms with Crippen molar-refractivity contribution in [2.75, 3.05) is 5.73 Å². The number of rotatable bonds is 1. The molecule has 2 aromatic heterocycles. The zero-order chi connectivity index (χ0) is 10.8. The lowest BCUT2D eigenvalue weighted by molar-refractivity contribution is 1.25. The van der Waals surface area contributed by atoms with E-state index in [9.17, 15) is 0 Å². The average molecular weight is 240 g/mol. The second-order valence-corrected chi connectivity index (χ2v) is 3.72. The minimum Gasteiger partial charge on any atom is -0.382 e. The maximum atomic E-state index is 5.99. The van der Waals surface area contributed by atoms with E-state index in [1.165, 1.54) is 0 Å². The standard InChI is InChI=1S/C10H7Cl2N3/c11-6-5-7(12)10(13)15-9(6)8-3-1-2-4-14-8/h1-5H,(H2,13,15). The second-order valence-electron chi connectivity index (χ2n) is 2.90. The monoisotopic (exact) mass is 239 g/mol. The van der Waals surface area contributed by atoms with E-state index in [-0.39, 0.29) is 5.82 Å². The zero-order valence-corrected chi connectivity index (χ0v) is 9.13. The Kier molecular flexibility index (Phi) is 2.75. The normalized spacial score (nSPS) is 10.3. The minimum absolute atomic E-state index is 0.252. The van der Waals surface area contributed by atoms with Crippen molar-refractivity contribution in [1.82, 2.24) is 9.97 Å². The lowest BCUT2D eigenvalue weighted by Gasteiger charge is -2.04. The first-order chi connectivity index (χ1) is 7.18. The summed E-state index contributed by atoms with van der Waals surface area (Å²) in [5, 5.41) is 0.785. The lowest BCUT2D eigenvalue weighted by Crippen LogP contribution is -1.95. The van der Waals surface area contributed by atoms with Crippen LogP contribution in [0.4, 0.5) is 5.82 Å². The number of halogens is 2. The molecular formula is C10H7Cl2N3. The Morgan fingerprint density at radius 1 is 1.13 bits per heavy atom. The fraction of sp³-hybridized carbons (Fsp3) is 0. The molecule has 0 radical (unpaired) electrons. The van der Waals surface area contributed by atoms with E-state index in [0.29, 0.717) is 21.4 Å². The Morgan fingerprint density at radius 3 is 2.60 bits per heavy atom. The van der Waals surface area contributed by atoms with Gasteiger partial charge in [0, 0.05) is 6.20 Å². The van der Waals surface area contributed by atoms with Crippen LogP contribution in [0.2, 0.25) is 10.0 Å². The van der Waals surface area contributed by atoms with E-state index >= 15 is 0 Å². The summed E-state index contributed by atoms with van der Waals surface area (Å²) in [4.78, 5) is 8.23. The van der Waals surface area contributed by atoms with Gasteiger partial charge in [-0.1, -0.05) is 29.3 Å². The Labute approximate surface area is 96.9 Å². The molecule has 2 heterocycles. The van der Waals surface area contributed by atoms with Crippen LogP contribution in [0.1, 0.15) is 0 Å². The van der Waals surface area contributed by atoms with Gasteiger partial charge in [0.1, 0.15) is 11.5 Å². The van der Waals surface area contributed by atoms with Gasteiger partial charge in [0.15, 0.2) is 0 Å². The summed E-state index contributed by atoms with van der Waals surface area (Å²) in [6, 6.07) is 7.04. The van der Waals surface area contributed by atoms with Crippen molar-refractivity contribution in [2.45, 2.75) is 0 Å². The summed E-state index contributed by atoms with van der Waals surface area (Å²) >= 11 is 11.8. The predicted molar refractivity (Wildman–Crippen MR) is 61.9 cm³/mol. The fourth-order valence-corrected chi connectivity index (χ4v) is 1.62. The van der Waals surface area contributed by atoms with Gasteiger partial charge >= 0.3 is 0 Å². The molecule has 0 spiro atoms. The third kappa shape index (κ3) is 2.03. The van der Waals surface area contributed by atoms with Crippen molar-refractivity contribution >= 4 is 29.0 Å². The molecule has 0 aliphatic heterocycles. The highest BCUT2D eigenvalue weighted by Crippen LogP contribution is 2.29. The van der Waals surface area contributed by atoms with E-state index in [1.807, 2.05) is 18.2 Å². The van der Waals surface area contributed by atoms with Gasteiger partial charge in [-0.25, -0.2) is 4.98 Å². The van der Waals surface area contributed by atoms with Crippen molar-refractivity contribution in [1.29, 1.82) is 0 Å². The van der Waals surface area contributed by atoms with E-state index in [2.05, 4.69) is 9.97 Å². The molecule has 0 fully saturated rings. The van der Waals surface area contributed by atoms with E-state index in [4.69, 9.17) is 28.9 Å². The third-order valence-electron chi connectivity index (χ3n) is 1.86. The molecule has 0 amide bonds. The Bertz CT molecular complexity index is 486. The number of hydrogen-bond acceptors (Lipinski definition) is 3. The summed E-state index contributed by atoms with van der Waals surface area (Å²) in [6.45, 7) is 0. The summed E-state index contributed by atoms with van der Waals surface area (Å²) in [6.07, 6.45) is 1.66. The molecule has 0 aliphatic carbocycles. The van der Waals surface area contributed by atoms with Crippen LogP contribution >= 0.6 is 23.2 Å². The molecule has 0 saturated heterocycles. The van der Waals surface area contributed by atoms with Gasteiger partial charge in [-0.15, -0.1) is 0 Å². The van der Waals surface area contributed by atoms with Gasteiger partial charge < -0.3 is 5.73 Å². The molecule has 76 valence electrons. The van der Waals surface area contributed by atoms with Crippen LogP contribution in [0.15, 0.2) is 30.5 Å². The Hall–Kier alpha value is -1.32. The van der Waals surface area contributed by atoms with Crippen LogP contribution in [0, 0.1) is 0 Å². The smallest absolute Gasteiger partial charge is 0.143 e. The second kappa shape index (κ2) is 4.04. The number of anilines is 1. The van der Waals surface area contributed by atoms with Crippen LogP contribution in [0.5, 0.6) is 0 Å². The number of nitrogens with two attached hydrogens (primary N) is 1. The lowest BCUT2D eigenvalue weighted by atomic mass is 10.2. The first-order valence-corrected chi connectivity index (χ1v) is 4.97. The van der Waals surface area contributed by atoms with Crippen molar-refractivity contribution in [3.63, 3.8) is 0 Å². The molecule has 0 aromatic carbocycles. The summed E-state index contributed by atoms with van der Waals surface area (Å²) in [5.74, 6) is 0.252. The molecule has 15 heavy (non-hydrogen) atoms. The molecule has 3 nitrogen and oxygen atoms in total. The first-order valence-electron chi connectivity index (χ1n) is 4.21. The van der Waals surface area contributed by atoms with Crippen LogP contribution in [0.25, 0.3) is 11.4 Å². The Morgan fingerprint density at radius 2 is 1.93 bits per heavy atom. The van der Waals surface area contributed by atoms with Crippen molar-refractivity contribution < 1.29 is 0 Å². The largest absolute Gasteiger partial charge is 0.382 e. The fourth-order valence-electron chi connectivity index (χ4n) is 1.16. The van der Waals surface area contributed by atoms with E-state index in [0.717, 1.165) is 0 Å². The van der Waals surface area contributed by atoms with Crippen LogP contribution in [-0.2, 0) is 0 Å². The molecule has 0 saturated carbocycles. The van der Waals surface area contributed by atoms with Crippen molar-refractivity contribution in [3.8, 4) is 11.4 Å². The van der Waals surface area contributed by atoms with Gasteiger partial charge in [-0.2, -0.15) is 0 Å². The predicted octanol–water partition coefficient (Wildman–Crippen LogP) is 3.03. The number of nitrogen functional groups attached to an aromatic ring is 1. The topological polar surface area (TPSA) is 51.8 Å². The molecule has 0 atom stereocenters. The van der Waals surface area contributed by atoms with E-state index in [1.54, 1.807) is 12.3 Å². The molecule has 0 aliphatic rings. The van der Waals surface area contributed by atoms with Gasteiger partial charge in [0.25, 0.3) is 0 Å². The summed E-state index contributed by atoms with van der Waals surface area (Å²) in [5.41, 5.74) is 6.81. The Balaban J connectivity index is 2.59. The highest BCUT2D eigenvalue weighted by atomic mass is 35.5. The van der Waals surface area contributed by atoms with Gasteiger partial charge in [0.05, 0.1) is 15.7 Å². The average Bonchev–Trinajstić information content (AvgIpc) is 2.25. The molecule has 2 rings (SSSR count). The summed E-state index contributed by atoms with van der Waals surface area (Å²) < 4.78 is 0. The van der Waals surface area contributed by atoms with Gasteiger partial charge in [0.2, 0.25) is 0 Å². The molecule has 0 bridgehead atoms. The highest BCUT2D eigenvalue weighted by Gasteiger charge is 2.09. The summed E-state index contributed by atoms with van der Waals surface area (Å²) in [7, 11) is 0. The number of nitrogens with zero attached hydrogens (tertiary/aromatic N) is 2. The SMILES string of the molecule is Nc1nc(-c2ccccn2)c(Cl)cc1Cl. The van der Waals surface area contributed by atoms with Crippen LogP contribution in [-0.4, -0.2) is 9.97 Å². The van der Waals surface area contributed by atoms with Gasteiger partial charge in [-0.05, 0) is 18.2 Å². The zero-order valence-electron chi connectivity index (χ0n) is 7.61. The maximum absolute atomic E-state index is 5.99. The number of hydrogen-bond donors (Lipinski definition) is 1. The van der Waals surface area contributed by atoms with E-state index < -0.39 is 0 Å². The minimum atomic E-state index is 0.252. The van der Waals surface area contributed by atoms with Crippen molar-refractivity contribution in [3.05, 3.63) is 40.5 Å². The molecule has 2 aromatic rings. The number of aromatic nitrogens is 2. The van der Waals surface area contributed by atoms with Crippen LogP contribution in [0.3, 0.4) is 0 Å². The third-order valence-corrected chi connectivity index (χ3v) is 2.45. The maximum Gasteiger partial charge on any atom is 0.143 e. The molecule has 0 unspecified atom stereocenters. The van der Waals surface area contributed by atoms with Crippen LogP contribution < -0.4 is 5.73 Å². The molecule has 5 heteroatoms. The molecular weight excluding hydrogens is 233 g/mol. The van der Waals surface area contributed by atoms with Gasteiger partial charge in [-0.3, -0.25) is 4.98 Å². The quantitative estimate of drug-likeness (QED) is 0.833. The highest BCUT2D eigenvalue weighted by molar-refractivity contribution is 6.37. The molecule has 2 N–H and O–H groups in total. The first kappa shape index (κ1) is 10.2. The van der Waals surface area contributed by atoms with Crippen molar-refractivity contribution in [2.24, 2.45) is 0 Å².